The highest BCUT2D eigenvalue weighted by atomic mass is 19.1. The average Bonchev–Trinajstić information content (AvgIpc) is 2.82. The van der Waals surface area contributed by atoms with E-state index in [4.69, 9.17) is 9.68 Å². The van der Waals surface area contributed by atoms with E-state index in [0.29, 0.717) is 11.5 Å². The molecule has 2 rings (SSSR count). The number of benzene rings is 1. The Morgan fingerprint density at radius 1 is 1.50 bits per heavy atom. The van der Waals surface area contributed by atoms with Crippen LogP contribution in [0.4, 0.5) is 10.3 Å². The smallest absolute Gasteiger partial charge is 0.252 e. The maximum Gasteiger partial charge on any atom is 0.252 e. The molecule has 0 saturated heterocycles. The molecule has 6 heteroatoms. The van der Waals surface area contributed by atoms with Crippen LogP contribution in [0.15, 0.2) is 33.8 Å². The number of nitrogens with one attached hydrogen (secondary N) is 1. The van der Waals surface area contributed by atoms with Gasteiger partial charge in [0.15, 0.2) is 0 Å². The van der Waals surface area contributed by atoms with Gasteiger partial charge in [-0.3, -0.25) is 0 Å². The van der Waals surface area contributed by atoms with Gasteiger partial charge < -0.3 is 4.42 Å². The van der Waals surface area contributed by atoms with Gasteiger partial charge in [0.05, 0.1) is 6.21 Å². The van der Waals surface area contributed by atoms with Crippen LogP contribution in [0.2, 0.25) is 0 Å². The lowest BCUT2D eigenvalue weighted by Crippen LogP contribution is -1.91. The Bertz CT molecular complexity index is 670. The molecule has 20 heavy (non-hydrogen) atoms. The maximum atomic E-state index is 13.0. The van der Waals surface area contributed by atoms with Crippen LogP contribution in [0, 0.1) is 17.1 Å². The summed E-state index contributed by atoms with van der Waals surface area (Å²) in [5.74, 6) is 0.382. The second kappa shape index (κ2) is 5.97. The molecule has 0 aliphatic heterocycles. The molecule has 1 aromatic heterocycles. The first-order valence-corrected chi connectivity index (χ1v) is 6.05. The molecule has 102 valence electrons. The first kappa shape index (κ1) is 13.7. The highest BCUT2D eigenvalue weighted by Gasteiger charge is 2.14. The van der Waals surface area contributed by atoms with Crippen LogP contribution in [0.25, 0.3) is 0 Å². The van der Waals surface area contributed by atoms with Crippen molar-refractivity contribution in [2.24, 2.45) is 5.10 Å². The first-order chi connectivity index (χ1) is 9.60. The van der Waals surface area contributed by atoms with Gasteiger partial charge in [0, 0.05) is 5.92 Å². The second-order valence-electron chi connectivity index (χ2n) is 4.42. The monoisotopic (exact) mass is 272 g/mol. The summed E-state index contributed by atoms with van der Waals surface area (Å²) in [6.45, 7) is 3.82. The number of hydrazone groups is 1. The number of hydrogen-bond acceptors (Lipinski definition) is 5. The van der Waals surface area contributed by atoms with Crippen molar-refractivity contribution in [1.29, 1.82) is 5.26 Å². The van der Waals surface area contributed by atoms with E-state index >= 15 is 0 Å². The van der Waals surface area contributed by atoms with Crippen LogP contribution in [-0.2, 0) is 0 Å². The summed E-state index contributed by atoms with van der Waals surface area (Å²) < 4.78 is 18.4. The van der Waals surface area contributed by atoms with Crippen LogP contribution in [0.5, 0.6) is 0 Å². The third-order valence-electron chi connectivity index (χ3n) is 2.47. The summed E-state index contributed by atoms with van der Waals surface area (Å²) in [5.41, 5.74) is 3.34. The molecule has 0 unspecified atom stereocenters. The van der Waals surface area contributed by atoms with E-state index in [1.807, 2.05) is 19.9 Å². The van der Waals surface area contributed by atoms with E-state index in [2.05, 4.69) is 15.5 Å². The zero-order valence-corrected chi connectivity index (χ0v) is 11.1. The van der Waals surface area contributed by atoms with Gasteiger partial charge in [-0.05, 0) is 17.7 Å². The molecule has 0 amide bonds. The molecule has 0 aliphatic rings. The Kier molecular flexibility index (Phi) is 4.11. The minimum Gasteiger partial charge on any atom is -0.422 e. The molecule has 0 bridgehead atoms. The molecule has 0 atom stereocenters. The standard InChI is InChI=1S/C14H13FN4O/c1-9(2)13-18-12(7-16)14(20-13)19-17-8-10-4-3-5-11(15)6-10/h3-6,8-9,19H,1-2H3. The van der Waals surface area contributed by atoms with Crippen LogP contribution >= 0.6 is 0 Å². The number of hydrogen-bond donors (Lipinski definition) is 1. The van der Waals surface area contributed by atoms with E-state index < -0.39 is 0 Å². The third-order valence-corrected chi connectivity index (χ3v) is 2.47. The SMILES string of the molecule is CC(C)c1nc(C#N)c(NN=Cc2cccc(F)c2)o1. The highest BCUT2D eigenvalue weighted by molar-refractivity contribution is 5.80. The van der Waals surface area contributed by atoms with E-state index in [1.54, 1.807) is 12.1 Å². The third kappa shape index (κ3) is 3.20. The number of anilines is 1. The topological polar surface area (TPSA) is 74.2 Å². The molecule has 1 aromatic carbocycles. The van der Waals surface area contributed by atoms with Crippen LogP contribution in [0.1, 0.15) is 36.9 Å². The lowest BCUT2D eigenvalue weighted by atomic mass is 10.2. The summed E-state index contributed by atoms with van der Waals surface area (Å²) in [7, 11) is 0. The van der Waals surface area contributed by atoms with Crippen LogP contribution < -0.4 is 5.43 Å². The molecular formula is C14H13FN4O. The van der Waals surface area contributed by atoms with Crippen molar-refractivity contribution in [3.8, 4) is 6.07 Å². The minimum absolute atomic E-state index is 0.0739. The number of nitriles is 1. The van der Waals surface area contributed by atoms with Gasteiger partial charge in [0.2, 0.25) is 11.6 Å². The number of aromatic nitrogens is 1. The van der Waals surface area contributed by atoms with E-state index in [9.17, 15) is 4.39 Å². The number of nitrogens with zero attached hydrogens (tertiary/aromatic N) is 3. The fourth-order valence-electron chi connectivity index (χ4n) is 1.49. The van der Waals surface area contributed by atoms with Crippen molar-refractivity contribution in [3.63, 3.8) is 0 Å². The Labute approximate surface area is 115 Å². The van der Waals surface area contributed by atoms with E-state index in [1.165, 1.54) is 18.3 Å². The Balaban J connectivity index is 2.13. The summed E-state index contributed by atoms with van der Waals surface area (Å²) in [4.78, 5) is 4.04. The van der Waals surface area contributed by atoms with Gasteiger partial charge in [-0.2, -0.15) is 10.4 Å². The zero-order valence-electron chi connectivity index (χ0n) is 11.1. The summed E-state index contributed by atoms with van der Waals surface area (Å²) in [5, 5.41) is 12.9. The van der Waals surface area contributed by atoms with E-state index in [0.717, 1.165) is 0 Å². The Hall–Kier alpha value is -2.68. The molecule has 0 fully saturated rings. The molecule has 2 aromatic rings. The zero-order chi connectivity index (χ0) is 14.5. The Morgan fingerprint density at radius 3 is 2.95 bits per heavy atom. The van der Waals surface area contributed by atoms with Gasteiger partial charge in [-0.25, -0.2) is 14.8 Å². The molecule has 0 aliphatic carbocycles. The van der Waals surface area contributed by atoms with Crippen LogP contribution in [-0.4, -0.2) is 11.2 Å². The summed E-state index contributed by atoms with van der Waals surface area (Å²) in [6.07, 6.45) is 1.43. The molecule has 5 nitrogen and oxygen atoms in total. The normalized spacial score (nSPS) is 10.9. The molecule has 0 radical (unpaired) electrons. The first-order valence-electron chi connectivity index (χ1n) is 6.05. The molecular weight excluding hydrogens is 259 g/mol. The highest BCUT2D eigenvalue weighted by Crippen LogP contribution is 2.21. The minimum atomic E-state index is -0.339. The van der Waals surface area contributed by atoms with Crippen molar-refractivity contribution in [3.05, 3.63) is 47.2 Å². The van der Waals surface area contributed by atoms with Gasteiger partial charge in [0.25, 0.3) is 5.88 Å². The van der Waals surface area contributed by atoms with Crippen molar-refractivity contribution >= 4 is 12.1 Å². The lowest BCUT2D eigenvalue weighted by Gasteiger charge is -1.97. The van der Waals surface area contributed by atoms with Crippen molar-refractivity contribution in [2.45, 2.75) is 19.8 Å². The molecule has 0 saturated carbocycles. The number of oxazole rings is 1. The van der Waals surface area contributed by atoms with Crippen LogP contribution in [0.3, 0.4) is 0 Å². The average molecular weight is 272 g/mol. The molecule has 1 N–H and O–H groups in total. The number of halogens is 1. The summed E-state index contributed by atoms with van der Waals surface area (Å²) in [6, 6.07) is 7.92. The predicted octanol–water partition coefficient (Wildman–Crippen LogP) is 3.25. The van der Waals surface area contributed by atoms with E-state index in [-0.39, 0.29) is 23.3 Å². The lowest BCUT2D eigenvalue weighted by molar-refractivity contribution is 0.481. The van der Waals surface area contributed by atoms with Gasteiger partial charge in [0.1, 0.15) is 11.9 Å². The maximum absolute atomic E-state index is 13.0. The second-order valence-corrected chi connectivity index (χ2v) is 4.42. The van der Waals surface area contributed by atoms with Crippen molar-refractivity contribution in [2.75, 3.05) is 5.43 Å². The van der Waals surface area contributed by atoms with Gasteiger partial charge in [-0.15, -0.1) is 0 Å². The van der Waals surface area contributed by atoms with Gasteiger partial charge >= 0.3 is 0 Å². The quantitative estimate of drug-likeness (QED) is 0.684. The van der Waals surface area contributed by atoms with Gasteiger partial charge in [-0.1, -0.05) is 26.0 Å². The van der Waals surface area contributed by atoms with Crippen molar-refractivity contribution in [1.82, 2.24) is 4.98 Å². The number of rotatable bonds is 4. The fraction of sp³-hybridized carbons (Fsp3) is 0.214. The Morgan fingerprint density at radius 2 is 2.30 bits per heavy atom. The molecule has 1 heterocycles. The summed E-state index contributed by atoms with van der Waals surface area (Å²) >= 11 is 0. The van der Waals surface area contributed by atoms with Crippen molar-refractivity contribution < 1.29 is 8.81 Å². The fourth-order valence-corrected chi connectivity index (χ4v) is 1.49. The largest absolute Gasteiger partial charge is 0.422 e. The predicted molar refractivity (Wildman–Crippen MR) is 72.9 cm³/mol. The molecule has 0 spiro atoms.